The molecule has 1 unspecified atom stereocenters. The Balaban J connectivity index is 1.54. The summed E-state index contributed by atoms with van der Waals surface area (Å²) in [4.78, 5) is 33.1. The molecule has 0 fully saturated rings. The highest BCUT2D eigenvalue weighted by molar-refractivity contribution is 5.83. The van der Waals surface area contributed by atoms with E-state index in [9.17, 15) is 9.59 Å². The van der Waals surface area contributed by atoms with Crippen LogP contribution in [0.5, 0.6) is 11.5 Å². The Kier molecular flexibility index (Phi) is 6.68. The van der Waals surface area contributed by atoms with E-state index in [1.165, 1.54) is 14.0 Å². The molecule has 2 aromatic heterocycles. The number of methoxy groups -OCH3 is 2. The summed E-state index contributed by atoms with van der Waals surface area (Å²) < 4.78 is 17.2. The third-order valence-electron chi connectivity index (χ3n) is 4.56. The molecule has 3 rings (SSSR count). The molecule has 3 aromatic rings. The first-order valence-corrected chi connectivity index (χ1v) is 9.68. The molecule has 0 aliphatic carbocycles. The average Bonchev–Trinajstić information content (AvgIpc) is 3.13. The number of benzene rings is 1. The van der Waals surface area contributed by atoms with Gasteiger partial charge in [-0.1, -0.05) is 6.07 Å². The van der Waals surface area contributed by atoms with E-state index in [-0.39, 0.29) is 18.8 Å². The van der Waals surface area contributed by atoms with Gasteiger partial charge < -0.3 is 19.5 Å². The van der Waals surface area contributed by atoms with Crippen LogP contribution in [0.15, 0.2) is 24.3 Å². The fourth-order valence-electron chi connectivity index (χ4n) is 3.03. The molecule has 1 N–H and O–H groups in total. The molecule has 164 valence electrons. The Bertz CT molecular complexity index is 1110. The van der Waals surface area contributed by atoms with Gasteiger partial charge in [0.05, 0.1) is 14.2 Å². The van der Waals surface area contributed by atoms with Crippen molar-refractivity contribution in [1.29, 1.82) is 0 Å². The van der Waals surface area contributed by atoms with Crippen molar-refractivity contribution in [2.45, 2.75) is 39.8 Å². The zero-order valence-electron chi connectivity index (χ0n) is 18.1. The van der Waals surface area contributed by atoms with Gasteiger partial charge in [0, 0.05) is 17.9 Å². The summed E-state index contributed by atoms with van der Waals surface area (Å²) in [5, 5.41) is 7.01. The van der Waals surface area contributed by atoms with Crippen molar-refractivity contribution in [3.05, 3.63) is 47.0 Å². The first-order valence-electron chi connectivity index (χ1n) is 9.68. The summed E-state index contributed by atoms with van der Waals surface area (Å²) in [6.07, 6.45) is -1.12. The third-order valence-corrected chi connectivity index (χ3v) is 4.56. The monoisotopic (exact) mass is 427 g/mol. The molecule has 0 saturated heterocycles. The minimum atomic E-state index is -0.966. The van der Waals surface area contributed by atoms with Gasteiger partial charge in [-0.05, 0) is 44.5 Å². The van der Waals surface area contributed by atoms with Gasteiger partial charge in [0.25, 0.3) is 11.7 Å². The van der Waals surface area contributed by atoms with Gasteiger partial charge >= 0.3 is 5.97 Å². The Hall–Kier alpha value is -3.69. The van der Waals surface area contributed by atoms with Gasteiger partial charge in [-0.15, -0.1) is 5.10 Å². The van der Waals surface area contributed by atoms with Crippen LogP contribution in [0.3, 0.4) is 0 Å². The van der Waals surface area contributed by atoms with Gasteiger partial charge in [0.15, 0.2) is 23.4 Å². The molecule has 0 saturated carbocycles. The highest BCUT2D eigenvalue weighted by Gasteiger charge is 2.20. The Morgan fingerprint density at radius 1 is 1.10 bits per heavy atom. The van der Waals surface area contributed by atoms with Crippen molar-refractivity contribution in [2.75, 3.05) is 14.2 Å². The summed E-state index contributed by atoms with van der Waals surface area (Å²) in [6.45, 7) is 5.49. The standard InChI is InChI=1S/C21H25N5O5/c1-12-8-13(2)26-21(23-12)24-18(25-26)10-19(27)31-14(3)20(28)22-11-15-6-7-16(29-4)17(9-15)30-5/h6-9,14H,10-11H2,1-5H3,(H,22,28). The highest BCUT2D eigenvalue weighted by Crippen LogP contribution is 2.27. The van der Waals surface area contributed by atoms with E-state index < -0.39 is 18.0 Å². The molecule has 1 aromatic carbocycles. The van der Waals surface area contributed by atoms with Crippen LogP contribution in [-0.4, -0.2) is 51.8 Å². The van der Waals surface area contributed by atoms with E-state index in [2.05, 4.69) is 20.4 Å². The number of aryl methyl sites for hydroxylation is 2. The topological polar surface area (TPSA) is 117 Å². The van der Waals surface area contributed by atoms with E-state index in [0.29, 0.717) is 17.3 Å². The van der Waals surface area contributed by atoms with Crippen LogP contribution in [0.2, 0.25) is 0 Å². The SMILES string of the molecule is COc1ccc(CNC(=O)C(C)OC(=O)Cc2nc3nc(C)cc(C)n3n2)cc1OC. The first kappa shape index (κ1) is 22.0. The van der Waals surface area contributed by atoms with Gasteiger partial charge in [-0.3, -0.25) is 9.59 Å². The number of aromatic nitrogens is 4. The van der Waals surface area contributed by atoms with Crippen LogP contribution in [0, 0.1) is 13.8 Å². The zero-order valence-corrected chi connectivity index (χ0v) is 18.1. The summed E-state index contributed by atoms with van der Waals surface area (Å²) in [6, 6.07) is 7.20. The minimum Gasteiger partial charge on any atom is -0.493 e. The smallest absolute Gasteiger partial charge is 0.314 e. The molecular formula is C21H25N5O5. The first-order chi connectivity index (χ1) is 14.8. The number of nitrogens with zero attached hydrogens (tertiary/aromatic N) is 4. The second-order valence-electron chi connectivity index (χ2n) is 6.99. The number of amides is 1. The molecule has 0 spiro atoms. The number of carbonyl (C=O) groups excluding carboxylic acids is 2. The number of ether oxygens (including phenoxy) is 3. The molecule has 31 heavy (non-hydrogen) atoms. The molecule has 0 radical (unpaired) electrons. The lowest BCUT2D eigenvalue weighted by atomic mass is 10.2. The van der Waals surface area contributed by atoms with Crippen molar-refractivity contribution < 1.29 is 23.8 Å². The Morgan fingerprint density at radius 2 is 1.84 bits per heavy atom. The number of hydrogen-bond donors (Lipinski definition) is 1. The largest absolute Gasteiger partial charge is 0.493 e. The zero-order chi connectivity index (χ0) is 22.5. The van der Waals surface area contributed by atoms with E-state index in [1.807, 2.05) is 26.0 Å². The maximum Gasteiger partial charge on any atom is 0.314 e. The molecule has 0 aliphatic heterocycles. The molecule has 10 heteroatoms. The van der Waals surface area contributed by atoms with E-state index in [0.717, 1.165) is 17.0 Å². The molecule has 1 atom stereocenters. The maximum absolute atomic E-state index is 12.3. The Morgan fingerprint density at radius 3 is 2.55 bits per heavy atom. The normalized spacial score (nSPS) is 11.8. The van der Waals surface area contributed by atoms with Gasteiger partial charge in [0.1, 0.15) is 6.42 Å². The predicted molar refractivity (Wildman–Crippen MR) is 111 cm³/mol. The number of carbonyl (C=O) groups is 2. The Labute approximate surface area is 179 Å². The third kappa shape index (κ3) is 5.27. The van der Waals surface area contributed by atoms with Crippen molar-refractivity contribution in [3.63, 3.8) is 0 Å². The van der Waals surface area contributed by atoms with Crippen LogP contribution < -0.4 is 14.8 Å². The fourth-order valence-corrected chi connectivity index (χ4v) is 3.03. The molecule has 10 nitrogen and oxygen atoms in total. The predicted octanol–water partition coefficient (Wildman–Crippen LogP) is 1.55. The number of hydrogen-bond acceptors (Lipinski definition) is 8. The number of fused-ring (bicyclic) bond motifs is 1. The second kappa shape index (κ2) is 9.41. The van der Waals surface area contributed by atoms with Crippen LogP contribution in [-0.2, 0) is 27.3 Å². The van der Waals surface area contributed by atoms with E-state index in [4.69, 9.17) is 14.2 Å². The van der Waals surface area contributed by atoms with E-state index in [1.54, 1.807) is 23.8 Å². The molecule has 0 bridgehead atoms. The van der Waals surface area contributed by atoms with Crippen LogP contribution in [0.4, 0.5) is 0 Å². The van der Waals surface area contributed by atoms with Gasteiger partial charge in [0.2, 0.25) is 0 Å². The molecular weight excluding hydrogens is 402 g/mol. The average molecular weight is 427 g/mol. The maximum atomic E-state index is 12.3. The number of rotatable bonds is 8. The lowest BCUT2D eigenvalue weighted by molar-refractivity contribution is -0.154. The van der Waals surface area contributed by atoms with Crippen molar-refractivity contribution in [2.24, 2.45) is 0 Å². The van der Waals surface area contributed by atoms with Gasteiger partial charge in [-0.2, -0.15) is 4.98 Å². The van der Waals surface area contributed by atoms with Crippen molar-refractivity contribution >= 4 is 17.7 Å². The lowest BCUT2D eigenvalue weighted by Crippen LogP contribution is -2.35. The van der Waals surface area contributed by atoms with Crippen LogP contribution in [0.25, 0.3) is 5.78 Å². The molecule has 2 heterocycles. The summed E-state index contributed by atoms with van der Waals surface area (Å²) in [5.74, 6) is 0.845. The van der Waals surface area contributed by atoms with Crippen molar-refractivity contribution in [3.8, 4) is 11.5 Å². The van der Waals surface area contributed by atoms with E-state index >= 15 is 0 Å². The van der Waals surface area contributed by atoms with Crippen molar-refractivity contribution in [1.82, 2.24) is 24.9 Å². The number of esters is 1. The minimum absolute atomic E-state index is 0.158. The lowest BCUT2D eigenvalue weighted by Gasteiger charge is -2.14. The molecule has 0 aliphatic rings. The summed E-state index contributed by atoms with van der Waals surface area (Å²) >= 11 is 0. The quantitative estimate of drug-likeness (QED) is 0.538. The second-order valence-corrected chi connectivity index (χ2v) is 6.99. The van der Waals surface area contributed by atoms with Crippen LogP contribution >= 0.6 is 0 Å². The fraction of sp³-hybridized carbons (Fsp3) is 0.381. The summed E-state index contributed by atoms with van der Waals surface area (Å²) in [5.41, 5.74) is 2.49. The number of nitrogens with one attached hydrogen (secondary N) is 1. The summed E-state index contributed by atoms with van der Waals surface area (Å²) in [7, 11) is 3.09. The van der Waals surface area contributed by atoms with Crippen LogP contribution in [0.1, 0.15) is 29.7 Å². The highest BCUT2D eigenvalue weighted by atomic mass is 16.5. The molecule has 1 amide bonds. The van der Waals surface area contributed by atoms with Gasteiger partial charge in [-0.25, -0.2) is 9.50 Å².